The summed E-state index contributed by atoms with van der Waals surface area (Å²) >= 11 is 0. The molecule has 1 heterocycles. The van der Waals surface area contributed by atoms with Crippen molar-refractivity contribution in [1.29, 1.82) is 0 Å². The van der Waals surface area contributed by atoms with E-state index in [9.17, 15) is 0 Å². The highest BCUT2D eigenvalue weighted by atomic mass is 16.5. The van der Waals surface area contributed by atoms with E-state index < -0.39 is 0 Å². The van der Waals surface area contributed by atoms with Crippen LogP contribution in [0.4, 0.5) is 0 Å². The minimum atomic E-state index is 0.722. The predicted octanol–water partition coefficient (Wildman–Crippen LogP) is 2.22. The third-order valence-electron chi connectivity index (χ3n) is 3.55. The molecular weight excluding hydrogens is 242 g/mol. The van der Waals surface area contributed by atoms with Gasteiger partial charge in [-0.15, -0.1) is 0 Å². The first-order valence-corrected chi connectivity index (χ1v) is 6.83. The summed E-state index contributed by atoms with van der Waals surface area (Å²) in [5.74, 6) is 2.33. The van der Waals surface area contributed by atoms with Gasteiger partial charge in [0.25, 0.3) is 0 Å². The normalized spacial score (nSPS) is 18.5. The van der Waals surface area contributed by atoms with Crippen LogP contribution in [0, 0.1) is 5.92 Å². The van der Waals surface area contributed by atoms with Crippen LogP contribution in [0.15, 0.2) is 18.2 Å². The van der Waals surface area contributed by atoms with Gasteiger partial charge in [-0.1, -0.05) is 12.1 Å². The Hall–Kier alpha value is -1.26. The van der Waals surface area contributed by atoms with E-state index in [4.69, 9.17) is 14.2 Å². The summed E-state index contributed by atoms with van der Waals surface area (Å²) in [7, 11) is 3.34. The number of ether oxygens (including phenoxy) is 3. The van der Waals surface area contributed by atoms with Gasteiger partial charge >= 0.3 is 0 Å². The number of methoxy groups -OCH3 is 2. The molecule has 1 fully saturated rings. The molecule has 1 aromatic carbocycles. The highest BCUT2D eigenvalue weighted by molar-refractivity contribution is 5.46. The quantitative estimate of drug-likeness (QED) is 0.767. The average Bonchev–Trinajstić information content (AvgIpc) is 2.96. The molecule has 0 aromatic heterocycles. The molecule has 1 unspecified atom stereocenters. The Morgan fingerprint density at radius 1 is 1.32 bits per heavy atom. The number of nitrogens with one attached hydrogen (secondary N) is 1. The molecule has 0 saturated carbocycles. The topological polar surface area (TPSA) is 39.7 Å². The smallest absolute Gasteiger partial charge is 0.165 e. The molecule has 0 radical (unpaired) electrons. The van der Waals surface area contributed by atoms with Gasteiger partial charge in [-0.3, -0.25) is 0 Å². The van der Waals surface area contributed by atoms with Gasteiger partial charge in [0.05, 0.1) is 14.2 Å². The Kier molecular flexibility index (Phi) is 5.48. The molecule has 4 heteroatoms. The first kappa shape index (κ1) is 14.2. The molecule has 0 bridgehead atoms. The summed E-state index contributed by atoms with van der Waals surface area (Å²) in [6, 6.07) is 5.97. The van der Waals surface area contributed by atoms with Gasteiger partial charge in [0, 0.05) is 25.3 Å². The third-order valence-corrected chi connectivity index (χ3v) is 3.55. The number of benzene rings is 1. The van der Waals surface area contributed by atoms with Crippen LogP contribution >= 0.6 is 0 Å². The van der Waals surface area contributed by atoms with Gasteiger partial charge in [0.1, 0.15) is 0 Å². The highest BCUT2D eigenvalue weighted by Gasteiger charge is 2.15. The molecule has 2 rings (SSSR count). The van der Waals surface area contributed by atoms with Crippen molar-refractivity contribution in [2.45, 2.75) is 19.4 Å². The molecule has 1 aromatic rings. The van der Waals surface area contributed by atoms with Crippen molar-refractivity contribution >= 4 is 0 Å². The van der Waals surface area contributed by atoms with E-state index in [0.29, 0.717) is 0 Å². The Morgan fingerprint density at radius 3 is 2.89 bits per heavy atom. The van der Waals surface area contributed by atoms with Crippen LogP contribution in [0.1, 0.15) is 18.4 Å². The molecule has 1 aliphatic rings. The zero-order valence-electron chi connectivity index (χ0n) is 11.8. The zero-order valence-corrected chi connectivity index (χ0v) is 11.8. The SMILES string of the molecule is COc1cccc(CNCCC2CCOC2)c1OC. The molecule has 1 N–H and O–H groups in total. The fourth-order valence-electron chi connectivity index (χ4n) is 2.43. The van der Waals surface area contributed by atoms with E-state index in [1.165, 1.54) is 12.8 Å². The molecule has 106 valence electrons. The van der Waals surface area contributed by atoms with Crippen LogP contribution in [0.5, 0.6) is 11.5 Å². The first-order valence-electron chi connectivity index (χ1n) is 6.83. The molecule has 19 heavy (non-hydrogen) atoms. The highest BCUT2D eigenvalue weighted by Crippen LogP contribution is 2.30. The first-order chi connectivity index (χ1) is 9.35. The summed E-state index contributed by atoms with van der Waals surface area (Å²) in [6.45, 7) is 3.65. The summed E-state index contributed by atoms with van der Waals surface area (Å²) < 4.78 is 16.1. The minimum Gasteiger partial charge on any atom is -0.493 e. The second kappa shape index (κ2) is 7.36. The number of para-hydroxylation sites is 1. The summed E-state index contributed by atoms with van der Waals surface area (Å²) in [5, 5.41) is 3.46. The molecule has 0 aliphatic carbocycles. The lowest BCUT2D eigenvalue weighted by atomic mass is 10.1. The van der Waals surface area contributed by atoms with Crippen molar-refractivity contribution in [3.8, 4) is 11.5 Å². The van der Waals surface area contributed by atoms with Crippen molar-refractivity contribution in [2.75, 3.05) is 34.0 Å². The maximum atomic E-state index is 5.41. The standard InChI is InChI=1S/C15H23NO3/c1-17-14-5-3-4-13(15(14)18-2)10-16-8-6-12-7-9-19-11-12/h3-5,12,16H,6-11H2,1-2H3. The molecule has 4 nitrogen and oxygen atoms in total. The van der Waals surface area contributed by atoms with Crippen molar-refractivity contribution < 1.29 is 14.2 Å². The van der Waals surface area contributed by atoms with E-state index in [2.05, 4.69) is 11.4 Å². The summed E-state index contributed by atoms with van der Waals surface area (Å²) in [4.78, 5) is 0. The predicted molar refractivity (Wildman–Crippen MR) is 74.8 cm³/mol. The third kappa shape index (κ3) is 3.85. The lowest BCUT2D eigenvalue weighted by Crippen LogP contribution is -2.18. The number of hydrogen-bond acceptors (Lipinski definition) is 4. The van der Waals surface area contributed by atoms with E-state index >= 15 is 0 Å². The van der Waals surface area contributed by atoms with Crippen molar-refractivity contribution in [3.63, 3.8) is 0 Å². The largest absolute Gasteiger partial charge is 0.493 e. The fourth-order valence-corrected chi connectivity index (χ4v) is 2.43. The monoisotopic (exact) mass is 265 g/mol. The van der Waals surface area contributed by atoms with E-state index in [1.54, 1.807) is 14.2 Å². The number of rotatable bonds is 7. The van der Waals surface area contributed by atoms with Crippen LogP contribution in [0.25, 0.3) is 0 Å². The molecular formula is C15H23NO3. The van der Waals surface area contributed by atoms with E-state index in [-0.39, 0.29) is 0 Å². The van der Waals surface area contributed by atoms with E-state index in [0.717, 1.165) is 49.3 Å². The van der Waals surface area contributed by atoms with Gasteiger partial charge < -0.3 is 19.5 Å². The number of hydrogen-bond donors (Lipinski definition) is 1. The van der Waals surface area contributed by atoms with Crippen LogP contribution < -0.4 is 14.8 Å². The maximum absolute atomic E-state index is 5.41. The molecule has 1 saturated heterocycles. The lowest BCUT2D eigenvalue weighted by molar-refractivity contribution is 0.184. The van der Waals surface area contributed by atoms with Crippen molar-refractivity contribution in [1.82, 2.24) is 5.32 Å². The Morgan fingerprint density at radius 2 is 2.21 bits per heavy atom. The molecule has 1 aliphatic heterocycles. The Labute approximate surface area is 115 Å². The fraction of sp³-hybridized carbons (Fsp3) is 0.600. The van der Waals surface area contributed by atoms with Gasteiger partial charge in [0.15, 0.2) is 11.5 Å². The van der Waals surface area contributed by atoms with Crippen LogP contribution in [-0.2, 0) is 11.3 Å². The Bertz CT molecular complexity index is 389. The average molecular weight is 265 g/mol. The maximum Gasteiger partial charge on any atom is 0.165 e. The van der Waals surface area contributed by atoms with Crippen LogP contribution in [-0.4, -0.2) is 34.0 Å². The van der Waals surface area contributed by atoms with Crippen molar-refractivity contribution in [2.24, 2.45) is 5.92 Å². The second-order valence-corrected chi connectivity index (χ2v) is 4.85. The molecule has 0 spiro atoms. The zero-order chi connectivity index (χ0) is 13.5. The second-order valence-electron chi connectivity index (χ2n) is 4.85. The minimum absolute atomic E-state index is 0.722. The van der Waals surface area contributed by atoms with Gasteiger partial charge in [0.2, 0.25) is 0 Å². The van der Waals surface area contributed by atoms with Crippen molar-refractivity contribution in [3.05, 3.63) is 23.8 Å². The molecule has 0 amide bonds. The summed E-state index contributed by atoms with van der Waals surface area (Å²) in [5.41, 5.74) is 1.13. The van der Waals surface area contributed by atoms with Gasteiger partial charge in [-0.25, -0.2) is 0 Å². The Balaban J connectivity index is 1.81. The lowest BCUT2D eigenvalue weighted by Gasteiger charge is -2.13. The van der Waals surface area contributed by atoms with Crippen LogP contribution in [0.3, 0.4) is 0 Å². The van der Waals surface area contributed by atoms with Gasteiger partial charge in [-0.05, 0) is 31.4 Å². The van der Waals surface area contributed by atoms with Gasteiger partial charge in [-0.2, -0.15) is 0 Å². The summed E-state index contributed by atoms with van der Waals surface area (Å²) in [6.07, 6.45) is 2.37. The van der Waals surface area contributed by atoms with Crippen LogP contribution in [0.2, 0.25) is 0 Å². The van der Waals surface area contributed by atoms with E-state index in [1.807, 2.05) is 12.1 Å². The molecule has 1 atom stereocenters.